The summed E-state index contributed by atoms with van der Waals surface area (Å²) in [5.41, 5.74) is 1.41. The summed E-state index contributed by atoms with van der Waals surface area (Å²) >= 11 is 0. The lowest BCUT2D eigenvalue weighted by Crippen LogP contribution is -2.53. The van der Waals surface area contributed by atoms with Crippen LogP contribution in [0, 0.1) is 34.7 Å². The van der Waals surface area contributed by atoms with E-state index in [1.165, 1.54) is 18.5 Å². The predicted molar refractivity (Wildman–Crippen MR) is 131 cm³/mol. The molecule has 2 heterocycles. The lowest BCUT2D eigenvalue weighted by Gasteiger charge is -2.40. The number of likely N-dealkylation sites (N-methyl/N-ethyl adjacent to an activating group) is 1. The molecule has 0 radical (unpaired) electrons. The lowest BCUT2D eigenvalue weighted by molar-refractivity contribution is -0.385. The first-order chi connectivity index (χ1) is 16.1. The Balaban J connectivity index is 1.71. The first-order valence-corrected chi connectivity index (χ1v) is 11.1. The van der Waals surface area contributed by atoms with Crippen molar-refractivity contribution in [3.05, 3.63) is 63.7 Å². The minimum atomic E-state index is -0.439. The monoisotopic (exact) mass is 462 g/mol. The third-order valence-corrected chi connectivity index (χ3v) is 6.17. The molecule has 0 atom stereocenters. The molecule has 8 nitrogen and oxygen atoms in total. The third-order valence-electron chi connectivity index (χ3n) is 6.17. The van der Waals surface area contributed by atoms with Crippen LogP contribution in [0.3, 0.4) is 0 Å². The van der Waals surface area contributed by atoms with Crippen molar-refractivity contribution in [3.8, 4) is 11.8 Å². The van der Waals surface area contributed by atoms with Crippen LogP contribution in [0.2, 0.25) is 0 Å². The van der Waals surface area contributed by atoms with Gasteiger partial charge in [-0.3, -0.25) is 15.0 Å². The van der Waals surface area contributed by atoms with E-state index in [0.29, 0.717) is 33.5 Å². The van der Waals surface area contributed by atoms with Gasteiger partial charge in [-0.25, -0.2) is 14.4 Å². The second kappa shape index (κ2) is 9.33. The predicted octanol–water partition coefficient (Wildman–Crippen LogP) is 4.11. The minimum absolute atomic E-state index is 0.109. The summed E-state index contributed by atoms with van der Waals surface area (Å²) in [5.74, 6) is 6.38. The first-order valence-electron chi connectivity index (χ1n) is 11.1. The number of rotatable bonds is 4. The van der Waals surface area contributed by atoms with Crippen LogP contribution in [0.4, 0.5) is 21.6 Å². The van der Waals surface area contributed by atoms with E-state index in [2.05, 4.69) is 44.0 Å². The van der Waals surface area contributed by atoms with E-state index < -0.39 is 10.5 Å². The Morgan fingerprint density at radius 2 is 1.88 bits per heavy atom. The van der Waals surface area contributed by atoms with Gasteiger partial charge in [0.15, 0.2) is 0 Å². The smallest absolute Gasteiger partial charge is 0.285 e. The molecule has 0 bridgehead atoms. The van der Waals surface area contributed by atoms with Gasteiger partial charge in [-0.05, 0) is 57.6 Å². The molecule has 1 N–H and O–H groups in total. The highest BCUT2D eigenvalue weighted by molar-refractivity contribution is 5.93. The van der Waals surface area contributed by atoms with Crippen molar-refractivity contribution in [1.29, 1.82) is 0 Å². The normalized spacial score (nSPS) is 15.1. The van der Waals surface area contributed by atoms with Gasteiger partial charge in [0, 0.05) is 43.3 Å². The number of anilines is 2. The van der Waals surface area contributed by atoms with Gasteiger partial charge in [-0.15, -0.1) is 0 Å². The second-order valence-electron chi connectivity index (χ2n) is 9.05. The SMILES string of the molecule is Cc1cc(Nc2ncnc3cc(C#CC(C)(C)N4CCN(C)CC4)c([N+](=O)[O-])cc23)ccc1F. The summed E-state index contributed by atoms with van der Waals surface area (Å²) in [6.45, 7) is 9.44. The fourth-order valence-electron chi connectivity index (χ4n) is 3.97. The van der Waals surface area contributed by atoms with E-state index in [1.807, 2.05) is 13.8 Å². The number of hydrogen-bond acceptors (Lipinski definition) is 7. The van der Waals surface area contributed by atoms with Gasteiger partial charge in [0.2, 0.25) is 0 Å². The number of halogens is 1. The molecule has 0 saturated carbocycles. The molecule has 1 aromatic heterocycles. The molecule has 176 valence electrons. The molecule has 1 aliphatic heterocycles. The van der Waals surface area contributed by atoms with Gasteiger partial charge < -0.3 is 10.2 Å². The number of nitrogens with zero attached hydrogens (tertiary/aromatic N) is 5. The van der Waals surface area contributed by atoms with Gasteiger partial charge in [-0.2, -0.15) is 0 Å². The van der Waals surface area contributed by atoms with E-state index in [9.17, 15) is 14.5 Å². The molecule has 3 aromatic rings. The lowest BCUT2D eigenvalue weighted by atomic mass is 10.0. The number of piperazine rings is 1. The zero-order valence-electron chi connectivity index (χ0n) is 19.7. The molecule has 1 fully saturated rings. The number of nitro groups is 1. The number of nitrogens with one attached hydrogen (secondary N) is 1. The van der Waals surface area contributed by atoms with Crippen LogP contribution in [0.15, 0.2) is 36.7 Å². The number of nitro benzene ring substituents is 1. The molecule has 1 saturated heterocycles. The number of aryl methyl sites for hydroxylation is 1. The van der Waals surface area contributed by atoms with Crippen LogP contribution >= 0.6 is 0 Å². The molecule has 0 amide bonds. The Hall–Kier alpha value is -3.61. The fraction of sp³-hybridized carbons (Fsp3) is 0.360. The zero-order chi connectivity index (χ0) is 24.5. The Morgan fingerprint density at radius 3 is 2.56 bits per heavy atom. The summed E-state index contributed by atoms with van der Waals surface area (Å²) in [4.78, 5) is 24.6. The first kappa shape index (κ1) is 23.5. The fourth-order valence-corrected chi connectivity index (χ4v) is 3.97. The molecule has 34 heavy (non-hydrogen) atoms. The second-order valence-corrected chi connectivity index (χ2v) is 9.05. The number of aromatic nitrogens is 2. The molecule has 9 heteroatoms. The van der Waals surface area contributed by atoms with E-state index in [-0.39, 0.29) is 11.5 Å². The van der Waals surface area contributed by atoms with Crippen LogP contribution in [0.5, 0.6) is 0 Å². The highest BCUT2D eigenvalue weighted by atomic mass is 19.1. The summed E-state index contributed by atoms with van der Waals surface area (Å²) < 4.78 is 13.6. The van der Waals surface area contributed by atoms with Gasteiger partial charge in [0.05, 0.1) is 16.0 Å². The Labute approximate surface area is 198 Å². The van der Waals surface area contributed by atoms with Crippen molar-refractivity contribution in [2.24, 2.45) is 0 Å². The van der Waals surface area contributed by atoms with Crippen molar-refractivity contribution >= 4 is 28.1 Å². The van der Waals surface area contributed by atoms with Crippen LogP contribution in [-0.4, -0.2) is 63.5 Å². The van der Waals surface area contributed by atoms with E-state index in [0.717, 1.165) is 26.2 Å². The largest absolute Gasteiger partial charge is 0.340 e. The van der Waals surface area contributed by atoms with Crippen LogP contribution < -0.4 is 5.32 Å². The van der Waals surface area contributed by atoms with Gasteiger partial charge in [0.25, 0.3) is 5.69 Å². The maximum atomic E-state index is 13.6. The van der Waals surface area contributed by atoms with Gasteiger partial charge in [0.1, 0.15) is 23.5 Å². The summed E-state index contributed by atoms with van der Waals surface area (Å²) in [6.07, 6.45) is 1.39. The van der Waals surface area contributed by atoms with Crippen LogP contribution in [-0.2, 0) is 0 Å². The third kappa shape index (κ3) is 4.98. The Morgan fingerprint density at radius 1 is 1.15 bits per heavy atom. The van der Waals surface area contributed by atoms with Crippen molar-refractivity contribution < 1.29 is 9.31 Å². The Kier molecular flexibility index (Phi) is 6.46. The maximum absolute atomic E-state index is 13.6. The van der Waals surface area contributed by atoms with Gasteiger partial charge in [-0.1, -0.05) is 11.8 Å². The van der Waals surface area contributed by atoms with E-state index in [4.69, 9.17) is 0 Å². The van der Waals surface area contributed by atoms with Crippen molar-refractivity contribution in [2.45, 2.75) is 26.3 Å². The highest BCUT2D eigenvalue weighted by Crippen LogP contribution is 2.30. The van der Waals surface area contributed by atoms with Gasteiger partial charge >= 0.3 is 0 Å². The standard InChI is InChI=1S/C25H27FN6O2/c1-17-13-19(5-6-21(17)26)29-24-20-15-23(32(33)34)18(14-22(20)27-16-28-24)7-8-25(2,3)31-11-9-30(4)10-12-31/h5-6,13-16H,9-12H2,1-4H3,(H,27,28,29). The molecule has 2 aromatic carbocycles. The molecule has 0 aliphatic carbocycles. The summed E-state index contributed by atoms with van der Waals surface area (Å²) in [5, 5.41) is 15.5. The quantitative estimate of drug-likeness (QED) is 0.355. The average molecular weight is 463 g/mol. The molecular formula is C25H27FN6O2. The van der Waals surface area contributed by atoms with Crippen molar-refractivity contribution in [2.75, 3.05) is 38.5 Å². The molecule has 4 rings (SSSR count). The van der Waals surface area contributed by atoms with Crippen LogP contribution in [0.1, 0.15) is 25.0 Å². The number of hydrogen-bond donors (Lipinski definition) is 1. The summed E-state index contributed by atoms with van der Waals surface area (Å²) in [6, 6.07) is 7.67. The van der Waals surface area contributed by atoms with E-state index in [1.54, 1.807) is 25.1 Å². The van der Waals surface area contributed by atoms with Crippen LogP contribution in [0.25, 0.3) is 10.9 Å². The molecule has 1 aliphatic rings. The molecule has 0 unspecified atom stereocenters. The topological polar surface area (TPSA) is 87.4 Å². The average Bonchev–Trinajstić information content (AvgIpc) is 2.80. The number of fused-ring (bicyclic) bond motifs is 1. The molecular weight excluding hydrogens is 435 g/mol. The number of benzene rings is 2. The van der Waals surface area contributed by atoms with Crippen molar-refractivity contribution in [1.82, 2.24) is 19.8 Å². The Bertz CT molecular complexity index is 1310. The summed E-state index contributed by atoms with van der Waals surface area (Å²) in [7, 11) is 2.09. The minimum Gasteiger partial charge on any atom is -0.340 e. The molecule has 0 spiro atoms. The maximum Gasteiger partial charge on any atom is 0.285 e. The highest BCUT2D eigenvalue weighted by Gasteiger charge is 2.27. The zero-order valence-corrected chi connectivity index (χ0v) is 19.7. The van der Waals surface area contributed by atoms with Crippen molar-refractivity contribution in [3.63, 3.8) is 0 Å². The van der Waals surface area contributed by atoms with E-state index >= 15 is 0 Å².